The second-order valence-electron chi connectivity index (χ2n) is 4.72. The number of carboxylic acids is 1. The lowest BCUT2D eigenvalue weighted by Gasteiger charge is -2.07. The van der Waals surface area contributed by atoms with Crippen molar-refractivity contribution >= 4 is 5.97 Å². The molecule has 0 aromatic heterocycles. The van der Waals surface area contributed by atoms with Crippen LogP contribution >= 0.6 is 0 Å². The minimum Gasteiger partial charge on any atom is -0.478 e. The van der Waals surface area contributed by atoms with Gasteiger partial charge in [-0.3, -0.25) is 0 Å². The maximum atomic E-state index is 11.0. The van der Waals surface area contributed by atoms with Crippen LogP contribution in [-0.2, 0) is 6.54 Å². The summed E-state index contributed by atoms with van der Waals surface area (Å²) in [6.45, 7) is 1.62. The van der Waals surface area contributed by atoms with Crippen LogP contribution in [0.3, 0.4) is 0 Å². The van der Waals surface area contributed by atoms with E-state index in [0.717, 1.165) is 18.0 Å². The Morgan fingerprint density at radius 1 is 1.35 bits per heavy atom. The lowest BCUT2D eigenvalue weighted by Crippen LogP contribution is -2.17. The first-order chi connectivity index (χ1) is 8.27. The second kappa shape index (κ2) is 5.82. The summed E-state index contributed by atoms with van der Waals surface area (Å²) < 4.78 is 0. The molecule has 1 aromatic carbocycles. The van der Waals surface area contributed by atoms with Crippen molar-refractivity contribution in [2.75, 3.05) is 6.54 Å². The maximum Gasteiger partial charge on any atom is 0.336 e. The summed E-state index contributed by atoms with van der Waals surface area (Å²) in [6, 6.07) is 7.18. The number of nitrogens with one attached hydrogen (secondary N) is 1. The highest BCUT2D eigenvalue weighted by Gasteiger charge is 2.19. The second-order valence-corrected chi connectivity index (χ2v) is 4.72. The van der Waals surface area contributed by atoms with Crippen molar-refractivity contribution in [3.8, 4) is 0 Å². The highest BCUT2D eigenvalue weighted by molar-refractivity contribution is 5.89. The highest BCUT2D eigenvalue weighted by atomic mass is 16.4. The predicted octanol–water partition coefficient (Wildman–Crippen LogP) is 2.66. The van der Waals surface area contributed by atoms with Gasteiger partial charge in [-0.15, -0.1) is 0 Å². The third-order valence-electron chi connectivity index (χ3n) is 3.23. The molecule has 0 amide bonds. The Hall–Kier alpha value is -1.35. The molecule has 1 aliphatic rings. The van der Waals surface area contributed by atoms with Crippen LogP contribution < -0.4 is 5.32 Å². The number of rotatable bonds is 7. The molecule has 1 aliphatic carbocycles. The molecule has 3 nitrogen and oxygen atoms in total. The Morgan fingerprint density at radius 2 is 2.12 bits per heavy atom. The minimum absolute atomic E-state index is 0.405. The van der Waals surface area contributed by atoms with Gasteiger partial charge in [-0.1, -0.05) is 31.0 Å². The van der Waals surface area contributed by atoms with Gasteiger partial charge in [-0.05, 0) is 36.9 Å². The molecule has 1 saturated carbocycles. The number of benzene rings is 1. The van der Waals surface area contributed by atoms with E-state index in [9.17, 15) is 4.79 Å². The SMILES string of the molecule is O=C(O)c1ccccc1CNCCCC1CC1. The van der Waals surface area contributed by atoms with E-state index in [-0.39, 0.29) is 0 Å². The smallest absolute Gasteiger partial charge is 0.336 e. The molecule has 0 bridgehead atoms. The standard InChI is InChI=1S/C14H19NO2/c16-14(17)13-6-2-1-5-12(13)10-15-9-3-4-11-7-8-11/h1-2,5-6,11,15H,3-4,7-10H2,(H,16,17). The van der Waals surface area contributed by atoms with Crippen LogP contribution in [0.1, 0.15) is 41.6 Å². The van der Waals surface area contributed by atoms with Gasteiger partial charge in [0.25, 0.3) is 0 Å². The number of aromatic carboxylic acids is 1. The Labute approximate surface area is 102 Å². The normalized spacial score (nSPS) is 14.8. The van der Waals surface area contributed by atoms with Crippen LogP contribution in [0.4, 0.5) is 0 Å². The van der Waals surface area contributed by atoms with Gasteiger partial charge in [0.05, 0.1) is 5.56 Å². The predicted molar refractivity (Wildman–Crippen MR) is 67.1 cm³/mol. The van der Waals surface area contributed by atoms with Crippen LogP contribution in [-0.4, -0.2) is 17.6 Å². The van der Waals surface area contributed by atoms with Crippen molar-refractivity contribution in [1.82, 2.24) is 5.32 Å². The molecule has 0 spiro atoms. The van der Waals surface area contributed by atoms with Gasteiger partial charge in [0.15, 0.2) is 0 Å². The van der Waals surface area contributed by atoms with Crippen LogP contribution in [0, 0.1) is 5.92 Å². The number of carboxylic acid groups (broad SMARTS) is 1. The maximum absolute atomic E-state index is 11.0. The van der Waals surface area contributed by atoms with Crippen LogP contribution in [0.15, 0.2) is 24.3 Å². The molecular formula is C14H19NO2. The summed E-state index contributed by atoms with van der Waals surface area (Å²) in [7, 11) is 0. The first kappa shape index (κ1) is 12.1. The van der Waals surface area contributed by atoms with Crippen molar-refractivity contribution in [2.24, 2.45) is 5.92 Å². The molecule has 0 saturated heterocycles. The minimum atomic E-state index is -0.847. The van der Waals surface area contributed by atoms with Gasteiger partial charge in [-0.25, -0.2) is 4.79 Å². The summed E-state index contributed by atoms with van der Waals surface area (Å²) in [5, 5.41) is 12.3. The third kappa shape index (κ3) is 3.86. The van der Waals surface area contributed by atoms with E-state index in [0.29, 0.717) is 12.1 Å². The molecule has 0 heterocycles. The monoisotopic (exact) mass is 233 g/mol. The van der Waals surface area contributed by atoms with Crippen LogP contribution in [0.2, 0.25) is 0 Å². The number of carbonyl (C=O) groups is 1. The first-order valence-corrected chi connectivity index (χ1v) is 6.29. The molecule has 3 heteroatoms. The largest absolute Gasteiger partial charge is 0.478 e. The van der Waals surface area contributed by atoms with E-state index in [1.165, 1.54) is 25.7 Å². The quantitative estimate of drug-likeness (QED) is 0.712. The third-order valence-corrected chi connectivity index (χ3v) is 3.23. The Bertz CT molecular complexity index is 386. The lowest BCUT2D eigenvalue weighted by atomic mass is 10.1. The van der Waals surface area contributed by atoms with Gasteiger partial charge in [0.2, 0.25) is 0 Å². The molecule has 1 aromatic rings. The molecule has 0 atom stereocenters. The number of hydrogen-bond acceptors (Lipinski definition) is 2. The zero-order valence-corrected chi connectivity index (χ0v) is 9.98. The van der Waals surface area contributed by atoms with E-state index in [1.807, 2.05) is 12.1 Å². The average Bonchev–Trinajstić information content (AvgIpc) is 3.13. The van der Waals surface area contributed by atoms with Crippen molar-refractivity contribution in [1.29, 1.82) is 0 Å². The zero-order chi connectivity index (χ0) is 12.1. The van der Waals surface area contributed by atoms with E-state index >= 15 is 0 Å². The van der Waals surface area contributed by atoms with Gasteiger partial charge < -0.3 is 10.4 Å². The number of hydrogen-bond donors (Lipinski definition) is 2. The van der Waals surface area contributed by atoms with E-state index < -0.39 is 5.97 Å². The highest BCUT2D eigenvalue weighted by Crippen LogP contribution is 2.33. The molecule has 1 fully saturated rings. The van der Waals surface area contributed by atoms with Gasteiger partial charge >= 0.3 is 5.97 Å². The molecule has 17 heavy (non-hydrogen) atoms. The Kier molecular flexibility index (Phi) is 4.15. The molecule has 0 radical (unpaired) electrons. The fourth-order valence-corrected chi connectivity index (χ4v) is 2.03. The van der Waals surface area contributed by atoms with Crippen molar-refractivity contribution in [2.45, 2.75) is 32.2 Å². The molecule has 0 aliphatic heterocycles. The van der Waals surface area contributed by atoms with Crippen molar-refractivity contribution < 1.29 is 9.90 Å². The van der Waals surface area contributed by atoms with Crippen LogP contribution in [0.5, 0.6) is 0 Å². The van der Waals surface area contributed by atoms with Crippen molar-refractivity contribution in [3.63, 3.8) is 0 Å². The summed E-state index contributed by atoms with van der Waals surface area (Å²) in [5.41, 5.74) is 1.27. The summed E-state index contributed by atoms with van der Waals surface area (Å²) in [5.74, 6) is 0.128. The van der Waals surface area contributed by atoms with Crippen molar-refractivity contribution in [3.05, 3.63) is 35.4 Å². The lowest BCUT2D eigenvalue weighted by molar-refractivity contribution is 0.0695. The molecule has 0 unspecified atom stereocenters. The Morgan fingerprint density at radius 3 is 2.82 bits per heavy atom. The Balaban J connectivity index is 1.75. The van der Waals surface area contributed by atoms with Gasteiger partial charge in [-0.2, -0.15) is 0 Å². The van der Waals surface area contributed by atoms with E-state index in [2.05, 4.69) is 5.32 Å². The van der Waals surface area contributed by atoms with E-state index in [4.69, 9.17) is 5.11 Å². The summed E-state index contributed by atoms with van der Waals surface area (Å²) in [6.07, 6.45) is 5.32. The summed E-state index contributed by atoms with van der Waals surface area (Å²) in [4.78, 5) is 11.0. The average molecular weight is 233 g/mol. The van der Waals surface area contributed by atoms with E-state index in [1.54, 1.807) is 12.1 Å². The van der Waals surface area contributed by atoms with Gasteiger partial charge in [0.1, 0.15) is 0 Å². The zero-order valence-electron chi connectivity index (χ0n) is 9.98. The topological polar surface area (TPSA) is 49.3 Å². The fourth-order valence-electron chi connectivity index (χ4n) is 2.03. The molecule has 2 rings (SSSR count). The van der Waals surface area contributed by atoms with Crippen LogP contribution in [0.25, 0.3) is 0 Å². The van der Waals surface area contributed by atoms with Gasteiger partial charge in [0, 0.05) is 6.54 Å². The molecule has 92 valence electrons. The summed E-state index contributed by atoms with van der Waals surface area (Å²) >= 11 is 0. The molecular weight excluding hydrogens is 214 g/mol. The molecule has 2 N–H and O–H groups in total. The fraction of sp³-hybridized carbons (Fsp3) is 0.500. The first-order valence-electron chi connectivity index (χ1n) is 6.29.